The number of rotatable bonds is 4. The van der Waals surface area contributed by atoms with Gasteiger partial charge in [-0.25, -0.2) is 4.39 Å². The van der Waals surface area contributed by atoms with E-state index in [1.807, 2.05) is 0 Å². The second kappa shape index (κ2) is 7.41. The molecule has 6 nitrogen and oxygen atoms in total. The van der Waals surface area contributed by atoms with Crippen LogP contribution in [0.25, 0.3) is 5.52 Å². The number of halogens is 3. The number of nitrogens with zero attached hydrogens (tertiary/aromatic N) is 3. The Morgan fingerprint density at radius 1 is 1.23 bits per heavy atom. The zero-order chi connectivity index (χ0) is 21.8. The number of aromatic nitrogens is 2. The van der Waals surface area contributed by atoms with Crippen LogP contribution >= 0.6 is 23.2 Å². The second-order valence-corrected chi connectivity index (χ2v) is 9.35. The Morgan fingerprint density at radius 3 is 2.60 bits per heavy atom. The van der Waals surface area contributed by atoms with Gasteiger partial charge in [0.15, 0.2) is 0 Å². The molecule has 1 aliphatic heterocycles. The maximum Gasteiger partial charge on any atom is 0.272 e. The normalized spacial score (nSPS) is 14.9. The first-order chi connectivity index (χ1) is 14.1. The fourth-order valence-electron chi connectivity index (χ4n) is 3.66. The molecule has 30 heavy (non-hydrogen) atoms. The molecule has 0 radical (unpaired) electrons. The Balaban J connectivity index is 1.62. The van der Waals surface area contributed by atoms with E-state index in [4.69, 9.17) is 23.2 Å². The lowest BCUT2D eigenvalue weighted by Crippen LogP contribution is -2.65. The molecular formula is C21H22Cl2FN4O2+. The average Bonchev–Trinajstić information content (AvgIpc) is 2.92. The summed E-state index contributed by atoms with van der Waals surface area (Å²) in [4.78, 5) is 29.2. The maximum absolute atomic E-state index is 14.4. The predicted octanol–water partition coefficient (Wildman–Crippen LogP) is 3.19. The van der Waals surface area contributed by atoms with E-state index in [9.17, 15) is 14.0 Å². The van der Waals surface area contributed by atoms with Gasteiger partial charge in [-0.2, -0.15) is 0 Å². The third kappa shape index (κ3) is 3.62. The standard InChI is InChI=1S/C21H21Cl2FN4O2/c1-28(2,3)14-10-26(11-14)21(30)15-7-12(4-5-17(15)24)6-13-9-25-20(29)18-8-16(22)19(23)27(13)18/h4-5,7-9,14H,6,10-11H2,1-3H3/p+1. The smallest absolute Gasteiger partial charge is 0.272 e. The molecule has 0 atom stereocenters. The Kier molecular flexibility index (Phi) is 5.16. The van der Waals surface area contributed by atoms with E-state index in [0.717, 1.165) is 10.0 Å². The molecule has 1 saturated heterocycles. The van der Waals surface area contributed by atoms with Crippen LogP contribution in [0.4, 0.5) is 4.39 Å². The molecule has 158 valence electrons. The summed E-state index contributed by atoms with van der Waals surface area (Å²) in [6.45, 7) is 1.20. The average molecular weight is 452 g/mol. The Morgan fingerprint density at radius 2 is 1.93 bits per heavy atom. The molecule has 1 aromatic carbocycles. The van der Waals surface area contributed by atoms with Crippen molar-refractivity contribution in [3.8, 4) is 0 Å². The number of fused-ring (bicyclic) bond motifs is 1. The van der Waals surface area contributed by atoms with Gasteiger partial charge >= 0.3 is 0 Å². The summed E-state index contributed by atoms with van der Waals surface area (Å²) in [6.07, 6.45) is 1.88. The summed E-state index contributed by atoms with van der Waals surface area (Å²) in [7, 11) is 6.24. The van der Waals surface area contributed by atoms with Gasteiger partial charge < -0.3 is 14.4 Å². The van der Waals surface area contributed by atoms with Crippen LogP contribution in [0.1, 0.15) is 21.6 Å². The minimum Gasteiger partial charge on any atom is -0.326 e. The molecule has 3 aromatic rings. The largest absolute Gasteiger partial charge is 0.326 e. The van der Waals surface area contributed by atoms with Gasteiger partial charge in [0.2, 0.25) is 0 Å². The number of likely N-dealkylation sites (N-methyl/N-ethyl adjacent to an activating group) is 1. The van der Waals surface area contributed by atoms with Crippen molar-refractivity contribution in [2.45, 2.75) is 12.5 Å². The number of carbonyl (C=O) groups excluding carboxylic acids is 1. The van der Waals surface area contributed by atoms with Crippen LogP contribution in [-0.2, 0) is 6.42 Å². The third-order valence-corrected chi connectivity index (χ3v) is 6.44. The van der Waals surface area contributed by atoms with Gasteiger partial charge in [-0.3, -0.25) is 14.0 Å². The summed E-state index contributed by atoms with van der Waals surface area (Å²) in [5, 5.41) is 0.507. The first-order valence-electron chi connectivity index (χ1n) is 9.52. The van der Waals surface area contributed by atoms with Crippen molar-refractivity contribution in [1.82, 2.24) is 14.3 Å². The zero-order valence-corrected chi connectivity index (χ0v) is 18.4. The summed E-state index contributed by atoms with van der Waals surface area (Å²) < 4.78 is 16.8. The molecule has 0 spiro atoms. The van der Waals surface area contributed by atoms with E-state index in [-0.39, 0.29) is 27.2 Å². The van der Waals surface area contributed by atoms with E-state index in [1.165, 1.54) is 12.1 Å². The molecule has 0 bridgehead atoms. The van der Waals surface area contributed by atoms with Crippen LogP contribution in [0.15, 0.2) is 35.3 Å². The van der Waals surface area contributed by atoms with Crippen LogP contribution < -0.4 is 5.56 Å². The number of amides is 1. The number of hydrogen-bond donors (Lipinski definition) is 1. The minimum absolute atomic E-state index is 0.0460. The van der Waals surface area contributed by atoms with Gasteiger partial charge in [0.25, 0.3) is 11.5 Å². The van der Waals surface area contributed by atoms with Crippen LogP contribution in [0.2, 0.25) is 10.2 Å². The third-order valence-electron chi connectivity index (χ3n) is 5.68. The molecule has 4 rings (SSSR count). The molecule has 1 N–H and O–H groups in total. The molecule has 3 heterocycles. The monoisotopic (exact) mass is 451 g/mol. The fourth-order valence-corrected chi connectivity index (χ4v) is 4.10. The summed E-state index contributed by atoms with van der Waals surface area (Å²) in [5.41, 5.74) is 1.45. The molecule has 1 aliphatic rings. The van der Waals surface area contributed by atoms with Gasteiger partial charge in [0.1, 0.15) is 22.5 Å². The van der Waals surface area contributed by atoms with Crippen molar-refractivity contribution in [3.63, 3.8) is 0 Å². The number of nitrogens with one attached hydrogen (secondary N) is 1. The lowest BCUT2D eigenvalue weighted by atomic mass is 10.0. The second-order valence-electron chi connectivity index (χ2n) is 8.58. The zero-order valence-electron chi connectivity index (χ0n) is 16.9. The van der Waals surface area contributed by atoms with E-state index in [1.54, 1.807) is 27.6 Å². The molecule has 0 unspecified atom stereocenters. The van der Waals surface area contributed by atoms with E-state index in [0.29, 0.717) is 36.8 Å². The van der Waals surface area contributed by atoms with Crippen LogP contribution in [0.3, 0.4) is 0 Å². The summed E-state index contributed by atoms with van der Waals surface area (Å²) in [5.74, 6) is -0.862. The predicted molar refractivity (Wildman–Crippen MR) is 115 cm³/mol. The summed E-state index contributed by atoms with van der Waals surface area (Å²) in [6, 6.07) is 6.32. The van der Waals surface area contributed by atoms with Crippen molar-refractivity contribution in [1.29, 1.82) is 0 Å². The summed E-state index contributed by atoms with van der Waals surface area (Å²) >= 11 is 12.3. The van der Waals surface area contributed by atoms with Crippen molar-refractivity contribution >= 4 is 34.6 Å². The fraction of sp³-hybridized carbons (Fsp3) is 0.333. The number of H-pyrrole nitrogens is 1. The molecule has 0 saturated carbocycles. The first-order valence-corrected chi connectivity index (χ1v) is 10.3. The lowest BCUT2D eigenvalue weighted by molar-refractivity contribution is -0.900. The number of likely N-dealkylation sites (tertiary alicyclic amines) is 1. The number of hydrogen-bond acceptors (Lipinski definition) is 2. The molecule has 0 aliphatic carbocycles. The Hall–Kier alpha value is -2.35. The first kappa shape index (κ1) is 20.9. The van der Waals surface area contributed by atoms with Gasteiger partial charge in [-0.15, -0.1) is 0 Å². The van der Waals surface area contributed by atoms with Gasteiger partial charge in [-0.1, -0.05) is 29.3 Å². The van der Waals surface area contributed by atoms with E-state index < -0.39 is 5.82 Å². The Labute approximate surface area is 183 Å². The lowest BCUT2D eigenvalue weighted by Gasteiger charge is -2.46. The van der Waals surface area contributed by atoms with Crippen molar-refractivity contribution in [2.75, 3.05) is 34.2 Å². The molecule has 2 aromatic heterocycles. The minimum atomic E-state index is -0.550. The quantitative estimate of drug-likeness (QED) is 0.619. The topological polar surface area (TPSA) is 57.6 Å². The highest BCUT2D eigenvalue weighted by Gasteiger charge is 2.40. The van der Waals surface area contributed by atoms with Crippen LogP contribution in [-0.4, -0.2) is 64.9 Å². The Bertz CT molecular complexity index is 1210. The molecular weight excluding hydrogens is 430 g/mol. The number of benzene rings is 1. The molecule has 9 heteroatoms. The van der Waals surface area contributed by atoms with Gasteiger partial charge in [0, 0.05) is 18.3 Å². The van der Waals surface area contributed by atoms with E-state index in [2.05, 4.69) is 26.1 Å². The molecule has 1 amide bonds. The van der Waals surface area contributed by atoms with Crippen molar-refractivity contribution in [3.05, 3.63) is 73.6 Å². The van der Waals surface area contributed by atoms with Crippen LogP contribution in [0, 0.1) is 5.82 Å². The number of aromatic amines is 1. The highest BCUT2D eigenvalue weighted by Crippen LogP contribution is 2.27. The van der Waals surface area contributed by atoms with Crippen LogP contribution in [0.5, 0.6) is 0 Å². The number of quaternary nitrogens is 1. The van der Waals surface area contributed by atoms with E-state index >= 15 is 0 Å². The maximum atomic E-state index is 14.4. The SMILES string of the molecule is C[N+](C)(C)C1CN(C(=O)c2cc(Cc3c[nH]c(=O)c4cc(Cl)c(Cl)n34)ccc2F)C1. The molecule has 1 fully saturated rings. The van der Waals surface area contributed by atoms with Crippen molar-refractivity contribution in [2.24, 2.45) is 0 Å². The van der Waals surface area contributed by atoms with Gasteiger partial charge in [-0.05, 0) is 23.8 Å². The van der Waals surface area contributed by atoms with Gasteiger partial charge in [0.05, 0.1) is 44.8 Å². The van der Waals surface area contributed by atoms with Crippen molar-refractivity contribution < 1.29 is 13.7 Å². The highest BCUT2D eigenvalue weighted by molar-refractivity contribution is 6.42. The number of carbonyl (C=O) groups is 1. The highest BCUT2D eigenvalue weighted by atomic mass is 35.5.